The molecule has 0 saturated carbocycles. The number of hydrogen-bond donors (Lipinski definition) is 3. The van der Waals surface area contributed by atoms with E-state index in [0.29, 0.717) is 22.5 Å². The largest absolute Gasteiger partial charge is 0.368 e. The summed E-state index contributed by atoms with van der Waals surface area (Å²) < 4.78 is 0.810. The third kappa shape index (κ3) is 4.68. The highest BCUT2D eigenvalue weighted by atomic mass is 79.9. The quantitative estimate of drug-likeness (QED) is 0.590. The number of rotatable bonds is 4. The molecule has 3 rings (SSSR count). The second-order valence-electron chi connectivity index (χ2n) is 5.78. The summed E-state index contributed by atoms with van der Waals surface area (Å²) in [5.41, 5.74) is 8.09. The van der Waals surface area contributed by atoms with Crippen molar-refractivity contribution >= 4 is 45.1 Å². The van der Waals surface area contributed by atoms with Crippen LogP contribution in [0, 0.1) is 6.92 Å². The second kappa shape index (κ2) is 7.96. The number of nitrogens with two attached hydrogens (primary N) is 1. The Morgan fingerprint density at radius 2 is 1.67 bits per heavy atom. The van der Waals surface area contributed by atoms with E-state index < -0.39 is 0 Å². The Hall–Kier alpha value is -3.26. The zero-order valence-electron chi connectivity index (χ0n) is 14.4. The molecule has 2 amide bonds. The van der Waals surface area contributed by atoms with Gasteiger partial charge in [0.15, 0.2) is 0 Å². The molecular formula is C19H16BrN5O2. The van der Waals surface area contributed by atoms with Gasteiger partial charge in [0, 0.05) is 21.3 Å². The SMILES string of the molecule is Cc1ccc(NC(=O)c2cccc(Br)c2)cc1C(=O)Nc1cnc(N)nc1. The van der Waals surface area contributed by atoms with Gasteiger partial charge < -0.3 is 16.4 Å². The molecule has 2 aromatic carbocycles. The van der Waals surface area contributed by atoms with Crippen molar-refractivity contribution in [3.63, 3.8) is 0 Å². The van der Waals surface area contributed by atoms with E-state index in [2.05, 4.69) is 36.5 Å². The van der Waals surface area contributed by atoms with Crippen LogP contribution in [-0.4, -0.2) is 21.8 Å². The van der Waals surface area contributed by atoms with Gasteiger partial charge >= 0.3 is 0 Å². The first-order chi connectivity index (χ1) is 12.9. The molecule has 0 bridgehead atoms. The average molecular weight is 426 g/mol. The molecule has 7 nitrogen and oxygen atoms in total. The molecule has 4 N–H and O–H groups in total. The fourth-order valence-corrected chi connectivity index (χ4v) is 2.78. The molecule has 1 aromatic heterocycles. The molecule has 0 aliphatic carbocycles. The molecule has 0 saturated heterocycles. The topological polar surface area (TPSA) is 110 Å². The van der Waals surface area contributed by atoms with E-state index >= 15 is 0 Å². The maximum absolute atomic E-state index is 12.6. The van der Waals surface area contributed by atoms with Gasteiger partial charge in [-0.3, -0.25) is 9.59 Å². The van der Waals surface area contributed by atoms with Gasteiger partial charge in [-0.05, 0) is 42.8 Å². The predicted octanol–water partition coefficient (Wildman–Crippen LogP) is 3.63. The Labute approximate surface area is 164 Å². The molecule has 0 spiro atoms. The second-order valence-corrected chi connectivity index (χ2v) is 6.69. The van der Waals surface area contributed by atoms with E-state index in [1.165, 1.54) is 12.4 Å². The number of nitrogens with one attached hydrogen (secondary N) is 2. The van der Waals surface area contributed by atoms with Gasteiger partial charge in [-0.1, -0.05) is 28.1 Å². The average Bonchev–Trinajstić information content (AvgIpc) is 2.65. The monoisotopic (exact) mass is 425 g/mol. The van der Waals surface area contributed by atoms with Crippen LogP contribution in [0.15, 0.2) is 59.3 Å². The Morgan fingerprint density at radius 1 is 0.963 bits per heavy atom. The Morgan fingerprint density at radius 3 is 2.37 bits per heavy atom. The van der Waals surface area contributed by atoms with Crippen molar-refractivity contribution in [2.45, 2.75) is 6.92 Å². The minimum Gasteiger partial charge on any atom is -0.368 e. The molecule has 0 fully saturated rings. The first-order valence-electron chi connectivity index (χ1n) is 7.99. The number of carbonyl (C=O) groups excluding carboxylic acids is 2. The molecule has 0 radical (unpaired) electrons. The van der Waals surface area contributed by atoms with E-state index in [4.69, 9.17) is 5.73 Å². The summed E-state index contributed by atoms with van der Waals surface area (Å²) in [6.07, 6.45) is 2.85. The number of carbonyl (C=O) groups is 2. The minimum atomic E-state index is -0.334. The van der Waals surface area contributed by atoms with E-state index in [9.17, 15) is 9.59 Å². The van der Waals surface area contributed by atoms with Crippen molar-refractivity contribution in [2.24, 2.45) is 0 Å². The highest BCUT2D eigenvalue weighted by molar-refractivity contribution is 9.10. The fraction of sp³-hybridized carbons (Fsp3) is 0.0526. The first-order valence-corrected chi connectivity index (χ1v) is 8.78. The van der Waals surface area contributed by atoms with Crippen LogP contribution in [0.25, 0.3) is 0 Å². The molecule has 1 heterocycles. The molecule has 27 heavy (non-hydrogen) atoms. The van der Waals surface area contributed by atoms with Gasteiger partial charge in [0.05, 0.1) is 18.1 Å². The zero-order chi connectivity index (χ0) is 19.4. The molecule has 8 heteroatoms. The lowest BCUT2D eigenvalue weighted by molar-refractivity contribution is 0.101. The number of halogens is 1. The molecule has 0 aliphatic rings. The zero-order valence-corrected chi connectivity index (χ0v) is 15.9. The standard InChI is InChI=1S/C19H16BrN5O2/c1-11-5-6-14(24-17(26)12-3-2-4-13(20)7-12)8-16(11)18(27)25-15-9-22-19(21)23-10-15/h2-10H,1H3,(H,24,26)(H,25,27)(H2,21,22,23). The van der Waals surface area contributed by atoms with Crippen LogP contribution in [0.3, 0.4) is 0 Å². The summed E-state index contributed by atoms with van der Waals surface area (Å²) in [4.78, 5) is 32.6. The van der Waals surface area contributed by atoms with Crippen LogP contribution >= 0.6 is 15.9 Å². The lowest BCUT2D eigenvalue weighted by Crippen LogP contribution is -2.16. The number of amides is 2. The fourth-order valence-electron chi connectivity index (χ4n) is 2.38. The number of anilines is 3. The summed E-state index contributed by atoms with van der Waals surface area (Å²) >= 11 is 3.34. The Bertz CT molecular complexity index is 1010. The summed E-state index contributed by atoms with van der Waals surface area (Å²) in [5, 5.41) is 5.51. The first kappa shape index (κ1) is 18.5. The van der Waals surface area contributed by atoms with E-state index in [0.717, 1.165) is 10.0 Å². The number of hydrogen-bond acceptors (Lipinski definition) is 5. The number of nitrogens with zero attached hydrogens (tertiary/aromatic N) is 2. The van der Waals surface area contributed by atoms with Gasteiger partial charge in [0.2, 0.25) is 5.95 Å². The molecule has 0 unspecified atom stereocenters. The van der Waals surface area contributed by atoms with Crippen LogP contribution in [0.4, 0.5) is 17.3 Å². The molecule has 3 aromatic rings. The van der Waals surface area contributed by atoms with Crippen LogP contribution in [0.5, 0.6) is 0 Å². The van der Waals surface area contributed by atoms with Gasteiger partial charge in [-0.25, -0.2) is 9.97 Å². The molecule has 0 aliphatic heterocycles. The van der Waals surface area contributed by atoms with Crippen molar-refractivity contribution in [3.8, 4) is 0 Å². The van der Waals surface area contributed by atoms with E-state index in [-0.39, 0.29) is 17.8 Å². The molecule has 136 valence electrons. The van der Waals surface area contributed by atoms with Gasteiger partial charge in [0.25, 0.3) is 11.8 Å². The Balaban J connectivity index is 1.78. The number of aromatic nitrogens is 2. The third-order valence-electron chi connectivity index (χ3n) is 3.76. The van der Waals surface area contributed by atoms with Crippen LogP contribution < -0.4 is 16.4 Å². The summed E-state index contributed by atoms with van der Waals surface area (Å²) in [6, 6.07) is 12.2. The lowest BCUT2D eigenvalue weighted by atomic mass is 10.1. The smallest absolute Gasteiger partial charge is 0.256 e. The molecular weight excluding hydrogens is 410 g/mol. The van der Waals surface area contributed by atoms with Crippen molar-refractivity contribution in [1.82, 2.24) is 9.97 Å². The third-order valence-corrected chi connectivity index (χ3v) is 4.25. The predicted molar refractivity (Wildman–Crippen MR) is 108 cm³/mol. The summed E-state index contributed by atoms with van der Waals surface area (Å²) in [6.45, 7) is 1.81. The maximum atomic E-state index is 12.6. The maximum Gasteiger partial charge on any atom is 0.256 e. The van der Waals surface area contributed by atoms with Gasteiger partial charge in [-0.15, -0.1) is 0 Å². The van der Waals surface area contributed by atoms with Crippen LogP contribution in [0.1, 0.15) is 26.3 Å². The van der Waals surface area contributed by atoms with Crippen molar-refractivity contribution in [2.75, 3.05) is 16.4 Å². The minimum absolute atomic E-state index is 0.126. The summed E-state index contributed by atoms with van der Waals surface area (Å²) in [5.74, 6) is -0.473. The number of nitrogen functional groups attached to an aromatic ring is 1. The lowest BCUT2D eigenvalue weighted by Gasteiger charge is -2.11. The number of benzene rings is 2. The van der Waals surface area contributed by atoms with Gasteiger partial charge in [-0.2, -0.15) is 0 Å². The normalized spacial score (nSPS) is 10.3. The van der Waals surface area contributed by atoms with Crippen LogP contribution in [-0.2, 0) is 0 Å². The number of aryl methyl sites for hydroxylation is 1. The highest BCUT2D eigenvalue weighted by Crippen LogP contribution is 2.19. The van der Waals surface area contributed by atoms with E-state index in [1.807, 2.05) is 13.0 Å². The van der Waals surface area contributed by atoms with Gasteiger partial charge in [0.1, 0.15) is 0 Å². The highest BCUT2D eigenvalue weighted by Gasteiger charge is 2.13. The summed E-state index contributed by atoms with van der Waals surface area (Å²) in [7, 11) is 0. The van der Waals surface area contributed by atoms with Crippen molar-refractivity contribution < 1.29 is 9.59 Å². The Kier molecular flexibility index (Phi) is 5.46. The molecule has 0 atom stereocenters. The van der Waals surface area contributed by atoms with Crippen molar-refractivity contribution in [1.29, 1.82) is 0 Å². The van der Waals surface area contributed by atoms with Crippen LogP contribution in [0.2, 0.25) is 0 Å². The van der Waals surface area contributed by atoms with Crippen molar-refractivity contribution in [3.05, 3.63) is 76.0 Å². The van der Waals surface area contributed by atoms with E-state index in [1.54, 1.807) is 36.4 Å².